The average Bonchev–Trinajstić information content (AvgIpc) is 2.68. The van der Waals surface area contributed by atoms with Crippen LogP contribution in [0.15, 0.2) is 48.5 Å². The van der Waals surface area contributed by atoms with Gasteiger partial charge in [-0.1, -0.05) is 24.3 Å². The fourth-order valence-electron chi connectivity index (χ4n) is 1.83. The molecule has 6 heteroatoms. The Balaban J connectivity index is 0.000000458. The van der Waals surface area contributed by atoms with E-state index in [1.54, 1.807) is 20.3 Å². The van der Waals surface area contributed by atoms with Crippen LogP contribution in [-0.2, 0) is 17.6 Å². The highest BCUT2D eigenvalue weighted by molar-refractivity contribution is 6.69. The Morgan fingerprint density at radius 2 is 1.31 bits per heavy atom. The van der Waals surface area contributed by atoms with Gasteiger partial charge in [0.1, 0.15) is 11.5 Å². The molecule has 0 aliphatic carbocycles. The minimum atomic E-state index is -1.41. The summed E-state index contributed by atoms with van der Waals surface area (Å²) in [5, 5.41) is 8.70. The van der Waals surface area contributed by atoms with Gasteiger partial charge in [0.25, 0.3) is 0 Å². The van der Waals surface area contributed by atoms with Gasteiger partial charge in [-0.25, -0.2) is 0 Å². The first-order valence-electron chi connectivity index (χ1n) is 8.26. The maximum absolute atomic E-state index is 8.70. The van der Waals surface area contributed by atoms with Gasteiger partial charge in [-0.2, -0.15) is 0 Å². The molecule has 0 saturated carbocycles. The molecular weight excluding hydrogens is 368 g/mol. The summed E-state index contributed by atoms with van der Waals surface area (Å²) in [7, 11) is 1.88. The van der Waals surface area contributed by atoms with Crippen molar-refractivity contribution >= 4 is 19.9 Å². The SMILES string of the molecule is CCl.COc1cccc(CO)c1.COc1cccc(CO[Si](C)(C)C)c1. The molecule has 0 radical (unpaired) electrons. The van der Waals surface area contributed by atoms with E-state index in [1.807, 2.05) is 36.4 Å². The van der Waals surface area contributed by atoms with Crippen LogP contribution in [0.3, 0.4) is 0 Å². The fraction of sp³-hybridized carbons (Fsp3) is 0.400. The Morgan fingerprint density at radius 3 is 1.73 bits per heavy atom. The van der Waals surface area contributed by atoms with Gasteiger partial charge < -0.3 is 19.0 Å². The molecule has 0 amide bonds. The van der Waals surface area contributed by atoms with Crippen LogP contribution in [-0.4, -0.2) is 34.0 Å². The number of ether oxygens (including phenoxy) is 2. The zero-order chi connectivity index (χ0) is 20.0. The first-order chi connectivity index (χ1) is 12.4. The molecule has 1 N–H and O–H groups in total. The van der Waals surface area contributed by atoms with Crippen LogP contribution in [0.5, 0.6) is 11.5 Å². The van der Waals surface area contributed by atoms with Crippen molar-refractivity contribution in [1.29, 1.82) is 0 Å². The van der Waals surface area contributed by atoms with Crippen molar-refractivity contribution in [3.63, 3.8) is 0 Å². The van der Waals surface area contributed by atoms with Crippen LogP contribution in [0.4, 0.5) is 0 Å². The number of halogens is 1. The molecule has 0 aliphatic heterocycles. The Morgan fingerprint density at radius 1 is 0.846 bits per heavy atom. The number of aliphatic hydroxyl groups excluding tert-OH is 1. The summed E-state index contributed by atoms with van der Waals surface area (Å²) >= 11 is 4.64. The van der Waals surface area contributed by atoms with Gasteiger partial charge >= 0.3 is 0 Å². The molecule has 0 unspecified atom stereocenters. The topological polar surface area (TPSA) is 47.9 Å². The largest absolute Gasteiger partial charge is 0.497 e. The van der Waals surface area contributed by atoms with Gasteiger partial charge in [0.05, 0.1) is 27.4 Å². The highest BCUT2D eigenvalue weighted by Crippen LogP contribution is 2.15. The summed E-state index contributed by atoms with van der Waals surface area (Å²) in [6.45, 7) is 7.32. The highest BCUT2D eigenvalue weighted by atomic mass is 35.5. The molecule has 0 aliphatic rings. The monoisotopic (exact) mass is 398 g/mol. The number of rotatable bonds is 6. The first kappa shape index (κ1) is 24.5. The van der Waals surface area contributed by atoms with E-state index in [2.05, 4.69) is 37.3 Å². The van der Waals surface area contributed by atoms with Crippen molar-refractivity contribution in [3.8, 4) is 11.5 Å². The maximum atomic E-state index is 8.70. The van der Waals surface area contributed by atoms with Crippen LogP contribution < -0.4 is 9.47 Å². The molecule has 2 rings (SSSR count). The Kier molecular flexibility index (Phi) is 12.8. The molecule has 0 saturated heterocycles. The van der Waals surface area contributed by atoms with Gasteiger partial charge in [0.2, 0.25) is 0 Å². The number of methoxy groups -OCH3 is 2. The summed E-state index contributed by atoms with van der Waals surface area (Å²) in [5.41, 5.74) is 2.05. The molecule has 26 heavy (non-hydrogen) atoms. The van der Waals surface area contributed by atoms with Crippen LogP contribution >= 0.6 is 11.6 Å². The third kappa shape index (κ3) is 11.2. The summed E-state index contributed by atoms with van der Waals surface area (Å²) in [4.78, 5) is 0. The molecule has 0 aromatic heterocycles. The second kappa shape index (κ2) is 13.6. The van der Waals surface area contributed by atoms with Crippen molar-refractivity contribution in [1.82, 2.24) is 0 Å². The second-order valence-corrected chi connectivity index (χ2v) is 10.8. The molecule has 0 atom stereocenters. The highest BCUT2D eigenvalue weighted by Gasteiger charge is 2.13. The van der Waals surface area contributed by atoms with Gasteiger partial charge in [-0.3, -0.25) is 0 Å². The van der Waals surface area contributed by atoms with Crippen molar-refractivity contribution in [3.05, 3.63) is 59.7 Å². The van der Waals surface area contributed by atoms with E-state index in [0.717, 1.165) is 17.1 Å². The normalized spacial score (nSPS) is 10.0. The quantitative estimate of drug-likeness (QED) is 0.543. The molecule has 2 aromatic rings. The Hall–Kier alpha value is -1.53. The lowest BCUT2D eigenvalue weighted by Crippen LogP contribution is -2.24. The zero-order valence-corrected chi connectivity index (χ0v) is 18.3. The average molecular weight is 399 g/mol. The lowest BCUT2D eigenvalue weighted by Gasteiger charge is -2.17. The van der Waals surface area contributed by atoms with Crippen LogP contribution in [0, 0.1) is 0 Å². The minimum absolute atomic E-state index is 0.0667. The summed E-state index contributed by atoms with van der Waals surface area (Å²) in [5.74, 6) is 1.67. The smallest absolute Gasteiger partial charge is 0.184 e. The molecule has 2 aromatic carbocycles. The molecule has 0 heterocycles. The van der Waals surface area contributed by atoms with Crippen LogP contribution in [0.1, 0.15) is 11.1 Å². The zero-order valence-electron chi connectivity index (χ0n) is 16.6. The van der Waals surface area contributed by atoms with Crippen LogP contribution in [0.2, 0.25) is 19.6 Å². The molecule has 0 fully saturated rings. The summed E-state index contributed by atoms with van der Waals surface area (Å²) in [6, 6.07) is 15.4. The van der Waals surface area contributed by atoms with Crippen molar-refractivity contribution in [2.75, 3.05) is 20.6 Å². The number of hydrogen-bond donors (Lipinski definition) is 1. The van der Waals surface area contributed by atoms with E-state index in [4.69, 9.17) is 19.0 Å². The lowest BCUT2D eigenvalue weighted by molar-refractivity contribution is 0.281. The molecule has 4 nitrogen and oxygen atoms in total. The molecule has 0 bridgehead atoms. The van der Waals surface area contributed by atoms with Crippen molar-refractivity contribution in [2.45, 2.75) is 32.9 Å². The molecule has 0 spiro atoms. The summed E-state index contributed by atoms with van der Waals surface area (Å²) < 4.78 is 15.9. The van der Waals surface area contributed by atoms with E-state index < -0.39 is 8.32 Å². The minimum Gasteiger partial charge on any atom is -0.497 e. The van der Waals surface area contributed by atoms with Gasteiger partial charge in [0.15, 0.2) is 8.32 Å². The Bertz CT molecular complexity index is 596. The van der Waals surface area contributed by atoms with E-state index in [-0.39, 0.29) is 6.61 Å². The van der Waals surface area contributed by atoms with Crippen LogP contribution in [0.25, 0.3) is 0 Å². The fourth-order valence-corrected chi connectivity index (χ4v) is 2.43. The number of benzene rings is 2. The summed E-state index contributed by atoms with van der Waals surface area (Å²) in [6.07, 6.45) is 1.47. The molecule has 146 valence electrons. The predicted molar refractivity (Wildman–Crippen MR) is 112 cm³/mol. The number of hydrogen-bond acceptors (Lipinski definition) is 4. The standard InChI is InChI=1S/C11H18O2Si.C8H10O2.CH3Cl/c1-12-11-7-5-6-10(8-11)9-13-14(2,3)4;1-10-8-4-2-3-7(5-8)6-9;1-2/h5-8H,9H2,1-4H3;2-5,9H,6H2,1H3;1H3. The van der Waals surface area contributed by atoms with Gasteiger partial charge in [0, 0.05) is 6.38 Å². The van der Waals surface area contributed by atoms with E-state index in [0.29, 0.717) is 6.61 Å². The van der Waals surface area contributed by atoms with Crippen molar-refractivity contribution < 1.29 is 19.0 Å². The third-order valence-corrected chi connectivity index (χ3v) is 4.13. The third-order valence-electron chi connectivity index (χ3n) is 3.12. The predicted octanol–water partition coefficient (Wildman–Crippen LogP) is 5.09. The van der Waals surface area contributed by atoms with E-state index in [9.17, 15) is 0 Å². The number of aliphatic hydroxyl groups is 1. The number of alkyl halides is 1. The first-order valence-corrected chi connectivity index (χ1v) is 12.4. The second-order valence-electron chi connectivity index (χ2n) is 6.26. The van der Waals surface area contributed by atoms with Crippen molar-refractivity contribution in [2.24, 2.45) is 0 Å². The lowest BCUT2D eigenvalue weighted by atomic mass is 10.2. The maximum Gasteiger partial charge on any atom is 0.184 e. The Labute approximate surface area is 163 Å². The van der Waals surface area contributed by atoms with Gasteiger partial charge in [-0.05, 0) is 55.0 Å². The van der Waals surface area contributed by atoms with E-state index in [1.165, 1.54) is 11.9 Å². The van der Waals surface area contributed by atoms with E-state index >= 15 is 0 Å². The van der Waals surface area contributed by atoms with Gasteiger partial charge in [-0.15, -0.1) is 11.6 Å². The molecular formula is C20H31ClO4Si.